The summed E-state index contributed by atoms with van der Waals surface area (Å²) in [5.41, 5.74) is 3.64. The molecular formula is C12H13ClFN3. The highest BCUT2D eigenvalue weighted by atomic mass is 35.5. The first-order valence-electron chi connectivity index (χ1n) is 5.30. The molecule has 3 nitrogen and oxygen atoms in total. The van der Waals surface area contributed by atoms with Gasteiger partial charge in [-0.15, -0.1) is 0 Å². The Morgan fingerprint density at radius 2 is 2.12 bits per heavy atom. The standard InChI is InChI=1S/C12H13ClFN3/c1-6(2)7-5-8-9(13)3-4-10(14)11(8)16-12(7)17-15/h3-6H,15H2,1-2H3,(H,16,17). The number of nitrogens with two attached hydrogens (primary N) is 1. The zero-order chi connectivity index (χ0) is 12.6. The van der Waals surface area contributed by atoms with E-state index in [4.69, 9.17) is 17.4 Å². The number of hydrogen-bond acceptors (Lipinski definition) is 3. The maximum absolute atomic E-state index is 13.6. The lowest BCUT2D eigenvalue weighted by Crippen LogP contribution is -2.12. The molecule has 0 saturated carbocycles. The number of nitrogen functional groups attached to an aromatic ring is 1. The van der Waals surface area contributed by atoms with Crippen molar-refractivity contribution in [3.8, 4) is 0 Å². The SMILES string of the molecule is CC(C)c1cc2c(Cl)ccc(F)c2nc1NN. The number of nitrogens with zero attached hydrogens (tertiary/aromatic N) is 1. The molecule has 2 aromatic rings. The minimum atomic E-state index is -0.406. The van der Waals surface area contributed by atoms with Gasteiger partial charge in [-0.2, -0.15) is 0 Å². The monoisotopic (exact) mass is 253 g/mol. The van der Waals surface area contributed by atoms with Crippen molar-refractivity contribution in [1.82, 2.24) is 4.98 Å². The molecule has 1 aromatic heterocycles. The van der Waals surface area contributed by atoms with Gasteiger partial charge in [-0.3, -0.25) is 0 Å². The molecule has 0 atom stereocenters. The number of aromatic nitrogens is 1. The van der Waals surface area contributed by atoms with Crippen LogP contribution in [0.25, 0.3) is 10.9 Å². The number of nitrogens with one attached hydrogen (secondary N) is 1. The Bertz CT molecular complexity index is 569. The van der Waals surface area contributed by atoms with Crippen LogP contribution in [-0.4, -0.2) is 4.98 Å². The minimum Gasteiger partial charge on any atom is -0.308 e. The molecule has 2 rings (SSSR count). The molecule has 0 bridgehead atoms. The molecule has 0 fully saturated rings. The van der Waals surface area contributed by atoms with Gasteiger partial charge >= 0.3 is 0 Å². The molecule has 17 heavy (non-hydrogen) atoms. The van der Waals surface area contributed by atoms with E-state index in [1.54, 1.807) is 0 Å². The van der Waals surface area contributed by atoms with E-state index >= 15 is 0 Å². The largest absolute Gasteiger partial charge is 0.308 e. The lowest BCUT2D eigenvalue weighted by Gasteiger charge is -2.13. The fourth-order valence-corrected chi connectivity index (χ4v) is 1.97. The van der Waals surface area contributed by atoms with Crippen molar-refractivity contribution in [2.45, 2.75) is 19.8 Å². The van der Waals surface area contributed by atoms with Crippen LogP contribution in [0.15, 0.2) is 18.2 Å². The second-order valence-corrected chi connectivity index (χ2v) is 4.56. The summed E-state index contributed by atoms with van der Waals surface area (Å²) in [5, 5.41) is 1.09. The normalized spacial score (nSPS) is 11.2. The van der Waals surface area contributed by atoms with Crippen molar-refractivity contribution in [2.75, 3.05) is 5.43 Å². The topological polar surface area (TPSA) is 50.9 Å². The number of pyridine rings is 1. The molecular weight excluding hydrogens is 241 g/mol. The highest BCUT2D eigenvalue weighted by Crippen LogP contribution is 2.31. The third kappa shape index (κ3) is 2.06. The minimum absolute atomic E-state index is 0.220. The first-order valence-corrected chi connectivity index (χ1v) is 5.67. The van der Waals surface area contributed by atoms with Gasteiger partial charge in [-0.1, -0.05) is 25.4 Å². The van der Waals surface area contributed by atoms with E-state index in [-0.39, 0.29) is 11.4 Å². The molecule has 0 amide bonds. The Kier molecular flexibility index (Phi) is 3.17. The highest BCUT2D eigenvalue weighted by Gasteiger charge is 2.13. The molecule has 0 spiro atoms. The predicted octanol–water partition coefficient (Wildman–Crippen LogP) is 3.44. The molecule has 5 heteroatoms. The summed E-state index contributed by atoms with van der Waals surface area (Å²) in [5.74, 6) is 5.69. The third-order valence-electron chi connectivity index (χ3n) is 2.67. The van der Waals surface area contributed by atoms with Crippen molar-refractivity contribution >= 4 is 28.3 Å². The van der Waals surface area contributed by atoms with Crippen LogP contribution in [0, 0.1) is 5.82 Å². The lowest BCUT2D eigenvalue weighted by atomic mass is 10.0. The van der Waals surface area contributed by atoms with Crippen molar-refractivity contribution in [1.29, 1.82) is 0 Å². The Hall–Kier alpha value is -1.39. The molecule has 0 unspecified atom stereocenters. The number of halogens is 2. The van der Waals surface area contributed by atoms with Crippen molar-refractivity contribution in [2.24, 2.45) is 5.84 Å². The number of anilines is 1. The zero-order valence-corrected chi connectivity index (χ0v) is 10.3. The van der Waals surface area contributed by atoms with Crippen LogP contribution in [0.2, 0.25) is 5.02 Å². The summed E-state index contributed by atoms with van der Waals surface area (Å²) in [6.45, 7) is 4.02. The van der Waals surface area contributed by atoms with Crippen LogP contribution < -0.4 is 11.3 Å². The fraction of sp³-hybridized carbons (Fsp3) is 0.250. The van der Waals surface area contributed by atoms with Crippen LogP contribution in [0.5, 0.6) is 0 Å². The van der Waals surface area contributed by atoms with Gasteiger partial charge in [0.2, 0.25) is 0 Å². The van der Waals surface area contributed by atoms with E-state index in [1.165, 1.54) is 12.1 Å². The molecule has 1 aromatic carbocycles. The molecule has 1 heterocycles. The summed E-state index contributed by atoms with van der Waals surface area (Å²) >= 11 is 6.04. The molecule has 0 saturated heterocycles. The quantitative estimate of drug-likeness (QED) is 0.637. The predicted molar refractivity (Wildman–Crippen MR) is 68.6 cm³/mol. The maximum Gasteiger partial charge on any atom is 0.149 e. The van der Waals surface area contributed by atoms with Crippen molar-refractivity contribution in [3.05, 3.63) is 34.6 Å². The van der Waals surface area contributed by atoms with Gasteiger partial charge in [0.05, 0.1) is 5.02 Å². The van der Waals surface area contributed by atoms with E-state index in [0.29, 0.717) is 16.2 Å². The summed E-state index contributed by atoms with van der Waals surface area (Å²) in [6.07, 6.45) is 0. The van der Waals surface area contributed by atoms with Gasteiger partial charge < -0.3 is 5.43 Å². The molecule has 0 aliphatic carbocycles. The first kappa shape index (κ1) is 12.1. The van der Waals surface area contributed by atoms with Crippen LogP contribution in [0.4, 0.5) is 10.2 Å². The van der Waals surface area contributed by atoms with Crippen molar-refractivity contribution < 1.29 is 4.39 Å². The molecule has 0 aliphatic heterocycles. The van der Waals surface area contributed by atoms with E-state index in [9.17, 15) is 4.39 Å². The number of rotatable bonds is 2. The summed E-state index contributed by atoms with van der Waals surface area (Å²) < 4.78 is 13.6. The summed E-state index contributed by atoms with van der Waals surface area (Å²) in [7, 11) is 0. The van der Waals surface area contributed by atoms with E-state index < -0.39 is 5.82 Å². The van der Waals surface area contributed by atoms with Crippen LogP contribution in [0.1, 0.15) is 25.3 Å². The van der Waals surface area contributed by atoms with Gasteiger partial charge in [0.1, 0.15) is 17.2 Å². The average Bonchev–Trinajstić information content (AvgIpc) is 2.32. The van der Waals surface area contributed by atoms with E-state index in [1.807, 2.05) is 19.9 Å². The Balaban J connectivity index is 2.83. The first-order chi connectivity index (χ1) is 8.04. The summed E-state index contributed by atoms with van der Waals surface area (Å²) in [6, 6.07) is 4.65. The second-order valence-electron chi connectivity index (χ2n) is 4.15. The number of hydrazine groups is 1. The van der Waals surface area contributed by atoms with Crippen molar-refractivity contribution in [3.63, 3.8) is 0 Å². The van der Waals surface area contributed by atoms with Gasteiger partial charge in [-0.05, 0) is 29.7 Å². The smallest absolute Gasteiger partial charge is 0.149 e. The second kappa shape index (κ2) is 4.47. The lowest BCUT2D eigenvalue weighted by molar-refractivity contribution is 0.636. The maximum atomic E-state index is 13.6. The third-order valence-corrected chi connectivity index (χ3v) is 3.00. The van der Waals surface area contributed by atoms with Gasteiger partial charge in [0.25, 0.3) is 0 Å². The molecule has 90 valence electrons. The molecule has 3 N–H and O–H groups in total. The highest BCUT2D eigenvalue weighted by molar-refractivity contribution is 6.35. The zero-order valence-electron chi connectivity index (χ0n) is 9.59. The number of fused-ring (bicyclic) bond motifs is 1. The van der Waals surface area contributed by atoms with Gasteiger partial charge in [-0.25, -0.2) is 15.2 Å². The average molecular weight is 254 g/mol. The van der Waals surface area contributed by atoms with E-state index in [0.717, 1.165) is 5.56 Å². The molecule has 0 radical (unpaired) electrons. The number of hydrogen-bond donors (Lipinski definition) is 2. The Morgan fingerprint density at radius 1 is 1.41 bits per heavy atom. The Morgan fingerprint density at radius 3 is 2.71 bits per heavy atom. The number of benzene rings is 1. The van der Waals surface area contributed by atoms with Crippen LogP contribution >= 0.6 is 11.6 Å². The van der Waals surface area contributed by atoms with Crippen LogP contribution in [-0.2, 0) is 0 Å². The van der Waals surface area contributed by atoms with E-state index in [2.05, 4.69) is 10.4 Å². The Labute approximate surface area is 104 Å². The summed E-state index contributed by atoms with van der Waals surface area (Å²) in [4.78, 5) is 4.18. The van der Waals surface area contributed by atoms with Gasteiger partial charge in [0.15, 0.2) is 0 Å². The van der Waals surface area contributed by atoms with Gasteiger partial charge in [0, 0.05) is 5.39 Å². The fourth-order valence-electron chi connectivity index (χ4n) is 1.76. The van der Waals surface area contributed by atoms with Crippen LogP contribution in [0.3, 0.4) is 0 Å². The molecule has 0 aliphatic rings.